The predicted octanol–water partition coefficient (Wildman–Crippen LogP) is 6.40. The third-order valence-electron chi connectivity index (χ3n) is 3.52. The molecule has 0 aromatic rings. The number of hydrogen-bond donors (Lipinski definition) is 0. The molecule has 0 aromatic heterocycles. The predicted molar refractivity (Wildman–Crippen MR) is 80.1 cm³/mol. The van der Waals surface area contributed by atoms with Crippen LogP contribution in [0.25, 0.3) is 0 Å². The molecule has 0 aliphatic heterocycles. The zero-order valence-corrected chi connectivity index (χ0v) is 12.8. The first-order chi connectivity index (χ1) is 8.16. The Hall–Kier alpha value is 0. The number of rotatable bonds is 12. The van der Waals surface area contributed by atoms with E-state index < -0.39 is 0 Å². The van der Waals surface area contributed by atoms with Crippen LogP contribution in [0.4, 0.5) is 0 Å². The van der Waals surface area contributed by atoms with Crippen molar-refractivity contribution >= 4 is 0 Å². The second-order valence-corrected chi connectivity index (χ2v) is 6.11. The average Bonchev–Trinajstić information content (AvgIpc) is 2.30. The van der Waals surface area contributed by atoms with Crippen molar-refractivity contribution in [2.75, 3.05) is 0 Å². The second-order valence-electron chi connectivity index (χ2n) is 6.11. The van der Waals surface area contributed by atoms with Crippen molar-refractivity contribution in [3.8, 4) is 0 Å². The lowest BCUT2D eigenvalue weighted by Gasteiger charge is -2.12. The van der Waals surface area contributed by atoms with E-state index in [0.717, 1.165) is 11.8 Å². The molecule has 0 heterocycles. The fourth-order valence-corrected chi connectivity index (χ4v) is 2.22. The molecule has 0 spiro atoms. The Kier molecular flexibility index (Phi) is 12.5. The highest BCUT2D eigenvalue weighted by Gasteiger charge is 2.03. The van der Waals surface area contributed by atoms with E-state index in [1.54, 1.807) is 0 Å². The molecule has 0 rings (SSSR count). The van der Waals surface area contributed by atoms with Crippen LogP contribution in [-0.4, -0.2) is 0 Å². The standard InChI is InChI=1S/C17H35/c1-5-6-7-8-9-10-11-12-13-17(4)15-14-16(2)3/h15-17H,5-14H2,1-4H3. The number of unbranched alkanes of at least 4 members (excludes halogenated alkanes) is 7. The van der Waals surface area contributed by atoms with Crippen LogP contribution in [0, 0.1) is 18.3 Å². The molecule has 0 heteroatoms. The monoisotopic (exact) mass is 239 g/mol. The minimum atomic E-state index is 0.830. The fraction of sp³-hybridized carbons (Fsp3) is 0.941. The van der Waals surface area contributed by atoms with Gasteiger partial charge in [0.15, 0.2) is 0 Å². The Morgan fingerprint density at radius 3 is 1.82 bits per heavy atom. The van der Waals surface area contributed by atoms with Crippen LogP contribution in [-0.2, 0) is 0 Å². The Morgan fingerprint density at radius 1 is 0.765 bits per heavy atom. The van der Waals surface area contributed by atoms with Crippen LogP contribution in [0.1, 0.15) is 91.9 Å². The van der Waals surface area contributed by atoms with Gasteiger partial charge in [-0.1, -0.05) is 85.5 Å². The fourth-order valence-electron chi connectivity index (χ4n) is 2.22. The molecule has 1 atom stereocenters. The molecule has 0 aliphatic rings. The first kappa shape index (κ1) is 17.0. The van der Waals surface area contributed by atoms with Crippen molar-refractivity contribution in [3.05, 3.63) is 6.42 Å². The molecule has 0 saturated heterocycles. The van der Waals surface area contributed by atoms with Crippen molar-refractivity contribution in [1.29, 1.82) is 0 Å². The summed E-state index contributed by atoms with van der Waals surface area (Å²) in [6.07, 6.45) is 16.7. The SMILES string of the molecule is CCCCCCCCCCC(C)[CH]CC(C)C. The second kappa shape index (κ2) is 12.5. The zero-order valence-electron chi connectivity index (χ0n) is 12.8. The van der Waals surface area contributed by atoms with E-state index in [2.05, 4.69) is 34.1 Å². The van der Waals surface area contributed by atoms with E-state index in [-0.39, 0.29) is 0 Å². The Labute approximate surface area is 111 Å². The third-order valence-corrected chi connectivity index (χ3v) is 3.52. The largest absolute Gasteiger partial charge is 0.0654 e. The van der Waals surface area contributed by atoms with Crippen LogP contribution >= 0.6 is 0 Å². The van der Waals surface area contributed by atoms with E-state index in [1.807, 2.05) is 0 Å². The van der Waals surface area contributed by atoms with Gasteiger partial charge < -0.3 is 0 Å². The van der Waals surface area contributed by atoms with Crippen LogP contribution < -0.4 is 0 Å². The van der Waals surface area contributed by atoms with E-state index >= 15 is 0 Å². The van der Waals surface area contributed by atoms with Crippen LogP contribution in [0.5, 0.6) is 0 Å². The van der Waals surface area contributed by atoms with E-state index in [0.29, 0.717) is 0 Å². The van der Waals surface area contributed by atoms with E-state index in [1.165, 1.54) is 64.2 Å². The van der Waals surface area contributed by atoms with Crippen molar-refractivity contribution in [3.63, 3.8) is 0 Å². The Balaban J connectivity index is 3.11. The van der Waals surface area contributed by atoms with Crippen LogP contribution in [0.2, 0.25) is 0 Å². The maximum Gasteiger partial charge on any atom is -0.0355 e. The molecule has 0 N–H and O–H groups in total. The van der Waals surface area contributed by atoms with Gasteiger partial charge in [-0.2, -0.15) is 0 Å². The van der Waals surface area contributed by atoms with Gasteiger partial charge in [0.1, 0.15) is 0 Å². The lowest BCUT2D eigenvalue weighted by Crippen LogP contribution is -1.99. The summed E-state index contributed by atoms with van der Waals surface area (Å²) in [5.41, 5.74) is 0. The molecule has 0 fully saturated rings. The van der Waals surface area contributed by atoms with Gasteiger partial charge in [0.25, 0.3) is 0 Å². The van der Waals surface area contributed by atoms with Crippen molar-refractivity contribution in [2.45, 2.75) is 91.9 Å². The highest BCUT2D eigenvalue weighted by atomic mass is 14.1. The highest BCUT2D eigenvalue weighted by molar-refractivity contribution is 4.73. The molecule has 1 radical (unpaired) electrons. The van der Waals surface area contributed by atoms with Gasteiger partial charge in [-0.15, -0.1) is 0 Å². The van der Waals surface area contributed by atoms with Gasteiger partial charge in [-0.25, -0.2) is 0 Å². The Morgan fingerprint density at radius 2 is 1.29 bits per heavy atom. The molecular formula is C17H35. The third kappa shape index (κ3) is 13.9. The minimum absolute atomic E-state index is 0.830. The summed E-state index contributed by atoms with van der Waals surface area (Å²) >= 11 is 0. The summed E-state index contributed by atoms with van der Waals surface area (Å²) in [4.78, 5) is 0. The lowest BCUT2D eigenvalue weighted by atomic mass is 9.94. The summed E-state index contributed by atoms with van der Waals surface area (Å²) < 4.78 is 0. The van der Waals surface area contributed by atoms with Gasteiger partial charge in [-0.05, 0) is 24.7 Å². The first-order valence-electron chi connectivity index (χ1n) is 8.00. The molecule has 1 unspecified atom stereocenters. The van der Waals surface area contributed by atoms with Gasteiger partial charge >= 0.3 is 0 Å². The van der Waals surface area contributed by atoms with Crippen LogP contribution in [0.15, 0.2) is 0 Å². The van der Waals surface area contributed by atoms with Gasteiger partial charge in [0.05, 0.1) is 0 Å². The first-order valence-corrected chi connectivity index (χ1v) is 8.00. The molecule has 103 valence electrons. The van der Waals surface area contributed by atoms with Gasteiger partial charge in [0, 0.05) is 0 Å². The van der Waals surface area contributed by atoms with Crippen LogP contribution in [0.3, 0.4) is 0 Å². The summed E-state index contributed by atoms with van der Waals surface area (Å²) in [5, 5.41) is 0. The summed E-state index contributed by atoms with van der Waals surface area (Å²) in [6, 6.07) is 0. The molecule has 0 aromatic carbocycles. The lowest BCUT2D eigenvalue weighted by molar-refractivity contribution is 0.489. The molecule has 0 aliphatic carbocycles. The molecule has 0 amide bonds. The molecule has 17 heavy (non-hydrogen) atoms. The molecule has 0 nitrogen and oxygen atoms in total. The molecule has 0 saturated carbocycles. The quantitative estimate of drug-likeness (QED) is 0.345. The van der Waals surface area contributed by atoms with E-state index in [9.17, 15) is 0 Å². The molecule has 0 bridgehead atoms. The maximum absolute atomic E-state index is 2.52. The van der Waals surface area contributed by atoms with E-state index in [4.69, 9.17) is 0 Å². The Bertz CT molecular complexity index is 137. The van der Waals surface area contributed by atoms with Crippen molar-refractivity contribution in [2.24, 2.45) is 11.8 Å². The van der Waals surface area contributed by atoms with Gasteiger partial charge in [-0.3, -0.25) is 0 Å². The number of hydrogen-bond acceptors (Lipinski definition) is 0. The zero-order chi connectivity index (χ0) is 12.9. The van der Waals surface area contributed by atoms with Crippen molar-refractivity contribution < 1.29 is 0 Å². The average molecular weight is 239 g/mol. The van der Waals surface area contributed by atoms with Gasteiger partial charge in [0.2, 0.25) is 0 Å². The smallest absolute Gasteiger partial charge is 0.0355 e. The normalized spacial score (nSPS) is 13.2. The highest BCUT2D eigenvalue weighted by Crippen LogP contribution is 2.17. The minimum Gasteiger partial charge on any atom is -0.0654 e. The summed E-state index contributed by atoms with van der Waals surface area (Å²) in [5.74, 6) is 1.66. The van der Waals surface area contributed by atoms with Crippen molar-refractivity contribution in [1.82, 2.24) is 0 Å². The maximum atomic E-state index is 2.52. The topological polar surface area (TPSA) is 0 Å². The molecular weight excluding hydrogens is 204 g/mol. The summed E-state index contributed by atoms with van der Waals surface area (Å²) in [6.45, 7) is 9.28. The summed E-state index contributed by atoms with van der Waals surface area (Å²) in [7, 11) is 0.